The van der Waals surface area contributed by atoms with Crippen LogP contribution in [-0.4, -0.2) is 36.0 Å². The topological polar surface area (TPSA) is 76.0 Å². The fourth-order valence-corrected chi connectivity index (χ4v) is 4.29. The zero-order valence-electron chi connectivity index (χ0n) is 20.8. The highest BCUT2D eigenvalue weighted by Gasteiger charge is 2.31. The van der Waals surface area contributed by atoms with Gasteiger partial charge in [-0.05, 0) is 79.1 Å². The lowest BCUT2D eigenvalue weighted by Gasteiger charge is -2.22. The van der Waals surface area contributed by atoms with E-state index in [-0.39, 0.29) is 5.75 Å². The zero-order valence-corrected chi connectivity index (χ0v) is 20.8. The Labute approximate surface area is 210 Å². The van der Waals surface area contributed by atoms with Crippen LogP contribution in [0.4, 0.5) is 4.39 Å². The third-order valence-electron chi connectivity index (χ3n) is 6.93. The number of fused-ring (bicyclic) bond motifs is 1. The number of hydrogen-bond donors (Lipinski definition) is 2. The number of carboxylic acids is 1. The molecule has 188 valence electrons. The summed E-state index contributed by atoms with van der Waals surface area (Å²) in [4.78, 5) is 11.5. The van der Waals surface area contributed by atoms with E-state index in [0.717, 1.165) is 33.4 Å². The highest BCUT2D eigenvalue weighted by atomic mass is 19.1. The minimum atomic E-state index is -1.17. The van der Waals surface area contributed by atoms with Crippen LogP contribution in [-0.2, 0) is 11.2 Å². The third-order valence-corrected chi connectivity index (χ3v) is 6.93. The van der Waals surface area contributed by atoms with E-state index in [2.05, 4.69) is 0 Å². The molecule has 0 aliphatic carbocycles. The number of ether oxygens (including phenoxy) is 2. The molecule has 0 saturated carbocycles. The average Bonchev–Trinajstić information content (AvgIpc) is 2.88. The molecule has 0 fully saturated rings. The number of benzene rings is 3. The molecule has 1 heterocycles. The Balaban J connectivity index is 1.60. The number of aryl methyl sites for hydroxylation is 2. The Hall–Kier alpha value is -3.64. The van der Waals surface area contributed by atoms with Gasteiger partial charge < -0.3 is 19.7 Å². The molecule has 5 nitrogen and oxygen atoms in total. The Kier molecular flexibility index (Phi) is 7.45. The van der Waals surface area contributed by atoms with E-state index < -0.39 is 23.8 Å². The summed E-state index contributed by atoms with van der Waals surface area (Å²) in [5, 5.41) is 18.9. The van der Waals surface area contributed by atoms with Crippen molar-refractivity contribution < 1.29 is 28.9 Å². The Bertz CT molecular complexity index is 1310. The van der Waals surface area contributed by atoms with Crippen LogP contribution in [0.25, 0.3) is 23.3 Å². The van der Waals surface area contributed by atoms with Gasteiger partial charge in [-0.25, -0.2) is 4.39 Å². The molecule has 0 spiro atoms. The first-order chi connectivity index (χ1) is 17.2. The van der Waals surface area contributed by atoms with Crippen molar-refractivity contribution in [2.45, 2.75) is 33.6 Å². The highest BCUT2D eigenvalue weighted by molar-refractivity contribution is 5.79. The summed E-state index contributed by atoms with van der Waals surface area (Å²) in [5.41, 5.74) is 5.11. The molecule has 0 radical (unpaired) electrons. The fourth-order valence-electron chi connectivity index (χ4n) is 4.29. The molecule has 1 aliphatic rings. The van der Waals surface area contributed by atoms with Gasteiger partial charge >= 0.3 is 5.97 Å². The minimum absolute atomic E-state index is 0.159. The molecule has 1 aliphatic heterocycles. The Morgan fingerprint density at radius 2 is 1.78 bits per heavy atom. The van der Waals surface area contributed by atoms with Crippen molar-refractivity contribution >= 4 is 18.1 Å². The van der Waals surface area contributed by atoms with E-state index in [4.69, 9.17) is 9.47 Å². The lowest BCUT2D eigenvalue weighted by atomic mass is 9.84. The van der Waals surface area contributed by atoms with Crippen molar-refractivity contribution in [3.8, 4) is 22.6 Å². The summed E-state index contributed by atoms with van der Waals surface area (Å²) in [6.45, 7) is 5.88. The molecule has 1 unspecified atom stereocenters. The Morgan fingerprint density at radius 3 is 2.53 bits per heavy atom. The molecule has 6 heteroatoms. The molecule has 1 atom stereocenters. The van der Waals surface area contributed by atoms with Crippen LogP contribution in [0.15, 0.2) is 48.5 Å². The molecule has 3 aromatic rings. The number of hydrogen-bond acceptors (Lipinski definition) is 4. The van der Waals surface area contributed by atoms with Gasteiger partial charge in [-0.3, -0.25) is 4.79 Å². The molecule has 0 amide bonds. The Morgan fingerprint density at radius 1 is 1.03 bits per heavy atom. The molecule has 0 aromatic heterocycles. The summed E-state index contributed by atoms with van der Waals surface area (Å²) in [7, 11) is 0. The summed E-state index contributed by atoms with van der Waals surface area (Å²) in [6.07, 6.45) is 4.92. The standard InChI is InChI=1S/C30H31FO5/c1-19-7-8-21(13-14-30(3,18-32)29(33)34)17-23(19)10-9-22-5-4-6-24(20(22)2)25-11-12-26-28(27(25)31)36-16-15-35-26/h4-12,17,32H,13-16,18H2,1-3H3,(H,33,34)/b10-9+. The molecule has 0 saturated heterocycles. The van der Waals surface area contributed by atoms with E-state index in [0.29, 0.717) is 37.4 Å². The monoisotopic (exact) mass is 490 g/mol. The molecular formula is C30H31FO5. The van der Waals surface area contributed by atoms with Gasteiger partial charge in [-0.2, -0.15) is 0 Å². The number of aliphatic hydroxyl groups excluding tert-OH is 1. The van der Waals surface area contributed by atoms with Gasteiger partial charge in [0.25, 0.3) is 0 Å². The number of halogens is 1. The highest BCUT2D eigenvalue weighted by Crippen LogP contribution is 2.40. The van der Waals surface area contributed by atoms with Gasteiger partial charge in [0.1, 0.15) is 13.2 Å². The van der Waals surface area contributed by atoms with Gasteiger partial charge in [0, 0.05) is 5.56 Å². The first-order valence-corrected chi connectivity index (χ1v) is 12.0. The normalized spacial score (nSPS) is 14.6. The van der Waals surface area contributed by atoms with Gasteiger partial charge in [0.15, 0.2) is 17.3 Å². The largest absolute Gasteiger partial charge is 0.486 e. The lowest BCUT2D eigenvalue weighted by Crippen LogP contribution is -2.32. The average molecular weight is 491 g/mol. The van der Waals surface area contributed by atoms with Gasteiger partial charge in [0.2, 0.25) is 0 Å². The summed E-state index contributed by atoms with van der Waals surface area (Å²) < 4.78 is 26.3. The lowest BCUT2D eigenvalue weighted by molar-refractivity contribution is -0.150. The van der Waals surface area contributed by atoms with Crippen molar-refractivity contribution in [2.24, 2.45) is 5.41 Å². The van der Waals surface area contributed by atoms with Crippen molar-refractivity contribution in [3.05, 3.63) is 82.2 Å². The molecule has 0 bridgehead atoms. The first kappa shape index (κ1) is 25.5. The number of aliphatic hydroxyl groups is 1. The van der Waals surface area contributed by atoms with Gasteiger partial charge in [0.05, 0.1) is 12.0 Å². The van der Waals surface area contributed by atoms with E-state index in [1.807, 2.05) is 62.4 Å². The van der Waals surface area contributed by atoms with Crippen LogP contribution in [0.3, 0.4) is 0 Å². The SMILES string of the molecule is Cc1ccc(CCC(C)(CO)C(=O)O)cc1/C=C/c1cccc(-c2ccc3c(c2F)OCCO3)c1C. The van der Waals surface area contributed by atoms with Crippen LogP contribution in [0, 0.1) is 25.1 Å². The number of carbonyl (C=O) groups is 1. The summed E-state index contributed by atoms with van der Waals surface area (Å²) in [6, 6.07) is 15.3. The number of carboxylic acid groups (broad SMARTS) is 1. The molecule has 2 N–H and O–H groups in total. The van der Waals surface area contributed by atoms with Gasteiger partial charge in [-0.15, -0.1) is 0 Å². The van der Waals surface area contributed by atoms with Crippen LogP contribution in [0.5, 0.6) is 11.5 Å². The maximum Gasteiger partial charge on any atom is 0.311 e. The van der Waals surface area contributed by atoms with Crippen molar-refractivity contribution in [1.82, 2.24) is 0 Å². The first-order valence-electron chi connectivity index (χ1n) is 12.0. The summed E-state index contributed by atoms with van der Waals surface area (Å²) in [5.74, 6) is -0.834. The van der Waals surface area contributed by atoms with E-state index in [1.54, 1.807) is 19.1 Å². The van der Waals surface area contributed by atoms with Gasteiger partial charge in [-0.1, -0.05) is 48.6 Å². The quantitative estimate of drug-likeness (QED) is 0.375. The summed E-state index contributed by atoms with van der Waals surface area (Å²) >= 11 is 0. The number of rotatable bonds is 8. The van der Waals surface area contributed by atoms with E-state index in [1.165, 1.54) is 0 Å². The second-order valence-electron chi connectivity index (χ2n) is 9.52. The zero-order chi connectivity index (χ0) is 25.9. The maximum absolute atomic E-state index is 15.3. The fraction of sp³-hybridized carbons (Fsp3) is 0.300. The molecule has 4 rings (SSSR count). The smallest absolute Gasteiger partial charge is 0.311 e. The molecule has 36 heavy (non-hydrogen) atoms. The van der Waals surface area contributed by atoms with Crippen molar-refractivity contribution in [2.75, 3.05) is 19.8 Å². The van der Waals surface area contributed by atoms with E-state index in [9.17, 15) is 15.0 Å². The van der Waals surface area contributed by atoms with Crippen LogP contribution in [0.2, 0.25) is 0 Å². The predicted octanol–water partition coefficient (Wildman–Crippen LogP) is 6.07. The molecule has 3 aromatic carbocycles. The maximum atomic E-state index is 15.3. The van der Waals surface area contributed by atoms with Crippen LogP contribution in [0.1, 0.15) is 41.2 Å². The minimum Gasteiger partial charge on any atom is -0.486 e. The van der Waals surface area contributed by atoms with Crippen molar-refractivity contribution in [1.29, 1.82) is 0 Å². The second-order valence-corrected chi connectivity index (χ2v) is 9.52. The molecular weight excluding hydrogens is 459 g/mol. The number of aliphatic carboxylic acids is 1. The van der Waals surface area contributed by atoms with Crippen molar-refractivity contribution in [3.63, 3.8) is 0 Å². The third kappa shape index (κ3) is 5.14. The van der Waals surface area contributed by atoms with Crippen LogP contribution >= 0.6 is 0 Å². The second kappa shape index (κ2) is 10.5. The van der Waals surface area contributed by atoms with E-state index >= 15 is 4.39 Å². The predicted molar refractivity (Wildman–Crippen MR) is 139 cm³/mol. The van der Waals surface area contributed by atoms with Crippen LogP contribution < -0.4 is 9.47 Å².